The molecular weight excluding hydrogens is 234 g/mol. The van der Waals surface area contributed by atoms with Crippen LogP contribution in [0, 0.1) is 11.3 Å². The SMILES string of the molecule is CCOc1cccc(NC2CC(C)CC(C)(C)C2)c1. The van der Waals surface area contributed by atoms with Crippen molar-refractivity contribution in [2.24, 2.45) is 11.3 Å². The molecule has 0 aromatic heterocycles. The summed E-state index contributed by atoms with van der Waals surface area (Å²) in [6.45, 7) is 9.87. The fraction of sp³-hybridized carbons (Fsp3) is 0.647. The third-order valence-corrected chi connectivity index (χ3v) is 3.90. The standard InChI is InChI=1S/C17H27NO/c1-5-19-16-8-6-7-14(10-16)18-15-9-13(2)11-17(3,4)12-15/h6-8,10,13,15,18H,5,9,11-12H2,1-4H3. The van der Waals surface area contributed by atoms with Crippen LogP contribution >= 0.6 is 0 Å². The quantitative estimate of drug-likeness (QED) is 0.847. The lowest BCUT2D eigenvalue weighted by Crippen LogP contribution is -2.35. The molecule has 1 fully saturated rings. The third kappa shape index (κ3) is 4.15. The lowest BCUT2D eigenvalue weighted by Gasteiger charge is -2.39. The molecule has 1 aromatic carbocycles. The Labute approximate surface area is 117 Å². The van der Waals surface area contributed by atoms with Gasteiger partial charge in [0.25, 0.3) is 0 Å². The van der Waals surface area contributed by atoms with Crippen LogP contribution in [-0.2, 0) is 0 Å². The maximum absolute atomic E-state index is 5.56. The summed E-state index contributed by atoms with van der Waals surface area (Å²) in [7, 11) is 0. The molecule has 0 bridgehead atoms. The Morgan fingerprint density at radius 1 is 1.32 bits per heavy atom. The predicted molar refractivity (Wildman–Crippen MR) is 81.8 cm³/mol. The molecule has 1 N–H and O–H groups in total. The second-order valence-electron chi connectivity index (χ2n) is 6.72. The van der Waals surface area contributed by atoms with E-state index in [0.717, 1.165) is 18.3 Å². The summed E-state index contributed by atoms with van der Waals surface area (Å²) >= 11 is 0. The van der Waals surface area contributed by atoms with E-state index in [1.165, 1.54) is 24.9 Å². The minimum absolute atomic E-state index is 0.451. The van der Waals surface area contributed by atoms with Gasteiger partial charge in [-0.15, -0.1) is 0 Å². The highest BCUT2D eigenvalue weighted by Gasteiger charge is 2.31. The molecule has 0 radical (unpaired) electrons. The van der Waals surface area contributed by atoms with Gasteiger partial charge in [-0.05, 0) is 49.7 Å². The zero-order chi connectivity index (χ0) is 13.9. The average Bonchev–Trinajstić information content (AvgIpc) is 2.26. The van der Waals surface area contributed by atoms with Crippen molar-refractivity contribution in [2.75, 3.05) is 11.9 Å². The summed E-state index contributed by atoms with van der Waals surface area (Å²) in [5.74, 6) is 1.76. The van der Waals surface area contributed by atoms with Crippen molar-refractivity contribution in [1.82, 2.24) is 0 Å². The average molecular weight is 261 g/mol. The lowest BCUT2D eigenvalue weighted by molar-refractivity contribution is 0.178. The molecule has 2 nitrogen and oxygen atoms in total. The van der Waals surface area contributed by atoms with E-state index in [2.05, 4.69) is 44.3 Å². The molecule has 1 aromatic rings. The minimum Gasteiger partial charge on any atom is -0.494 e. The number of nitrogens with one attached hydrogen (secondary N) is 1. The molecule has 2 heteroatoms. The topological polar surface area (TPSA) is 21.3 Å². The van der Waals surface area contributed by atoms with E-state index in [9.17, 15) is 0 Å². The van der Waals surface area contributed by atoms with Gasteiger partial charge in [0.05, 0.1) is 6.61 Å². The highest BCUT2D eigenvalue weighted by Crippen LogP contribution is 2.39. The molecule has 0 heterocycles. The Balaban J connectivity index is 2.02. The summed E-state index contributed by atoms with van der Waals surface area (Å²) < 4.78 is 5.56. The Morgan fingerprint density at radius 3 is 2.79 bits per heavy atom. The predicted octanol–water partition coefficient (Wildman–Crippen LogP) is 4.71. The number of benzene rings is 1. The van der Waals surface area contributed by atoms with Crippen molar-refractivity contribution in [1.29, 1.82) is 0 Å². The lowest BCUT2D eigenvalue weighted by atomic mass is 9.70. The molecule has 0 saturated heterocycles. The van der Waals surface area contributed by atoms with Crippen molar-refractivity contribution in [3.8, 4) is 5.75 Å². The van der Waals surface area contributed by atoms with Crippen LogP contribution < -0.4 is 10.1 Å². The van der Waals surface area contributed by atoms with Crippen molar-refractivity contribution >= 4 is 5.69 Å². The Morgan fingerprint density at radius 2 is 2.11 bits per heavy atom. The maximum atomic E-state index is 5.56. The number of hydrogen-bond donors (Lipinski definition) is 1. The van der Waals surface area contributed by atoms with Gasteiger partial charge in [-0.1, -0.05) is 26.8 Å². The van der Waals surface area contributed by atoms with Gasteiger partial charge in [0, 0.05) is 17.8 Å². The van der Waals surface area contributed by atoms with E-state index in [-0.39, 0.29) is 0 Å². The van der Waals surface area contributed by atoms with Crippen molar-refractivity contribution in [3.05, 3.63) is 24.3 Å². The number of ether oxygens (including phenoxy) is 1. The van der Waals surface area contributed by atoms with Gasteiger partial charge in [0.15, 0.2) is 0 Å². The van der Waals surface area contributed by atoms with Crippen LogP contribution in [0.4, 0.5) is 5.69 Å². The molecule has 0 spiro atoms. The van der Waals surface area contributed by atoms with E-state index in [4.69, 9.17) is 4.74 Å². The Bertz CT molecular complexity index is 413. The zero-order valence-electron chi connectivity index (χ0n) is 12.7. The van der Waals surface area contributed by atoms with Crippen molar-refractivity contribution < 1.29 is 4.74 Å². The van der Waals surface area contributed by atoms with Crippen LogP contribution in [0.15, 0.2) is 24.3 Å². The molecule has 0 amide bonds. The summed E-state index contributed by atoms with van der Waals surface area (Å²) in [6, 6.07) is 8.90. The van der Waals surface area contributed by atoms with Gasteiger partial charge in [-0.25, -0.2) is 0 Å². The minimum atomic E-state index is 0.451. The zero-order valence-corrected chi connectivity index (χ0v) is 12.7. The van der Waals surface area contributed by atoms with E-state index < -0.39 is 0 Å². The largest absolute Gasteiger partial charge is 0.494 e. The van der Waals surface area contributed by atoms with Crippen LogP contribution in [0.1, 0.15) is 47.0 Å². The first-order chi connectivity index (χ1) is 8.98. The van der Waals surface area contributed by atoms with E-state index in [1.54, 1.807) is 0 Å². The van der Waals surface area contributed by atoms with E-state index >= 15 is 0 Å². The maximum Gasteiger partial charge on any atom is 0.121 e. The van der Waals surface area contributed by atoms with Gasteiger partial charge in [-0.3, -0.25) is 0 Å². The molecule has 2 atom stereocenters. The van der Waals surface area contributed by atoms with Crippen LogP contribution in [0.3, 0.4) is 0 Å². The fourth-order valence-corrected chi connectivity index (χ4v) is 3.53. The highest BCUT2D eigenvalue weighted by molar-refractivity contribution is 5.49. The second-order valence-corrected chi connectivity index (χ2v) is 6.72. The van der Waals surface area contributed by atoms with Crippen molar-refractivity contribution in [2.45, 2.75) is 53.0 Å². The highest BCUT2D eigenvalue weighted by atomic mass is 16.5. The van der Waals surface area contributed by atoms with E-state index in [0.29, 0.717) is 11.5 Å². The number of hydrogen-bond acceptors (Lipinski definition) is 2. The first-order valence-corrected chi connectivity index (χ1v) is 7.48. The van der Waals surface area contributed by atoms with Gasteiger partial charge in [0.2, 0.25) is 0 Å². The first kappa shape index (κ1) is 14.2. The number of anilines is 1. The molecule has 2 unspecified atom stereocenters. The third-order valence-electron chi connectivity index (χ3n) is 3.90. The Kier molecular flexibility index (Phi) is 4.38. The molecule has 1 saturated carbocycles. The summed E-state index contributed by atoms with van der Waals surface area (Å²) in [5, 5.41) is 3.69. The fourth-order valence-electron chi connectivity index (χ4n) is 3.53. The normalized spacial score (nSPS) is 25.9. The summed E-state index contributed by atoms with van der Waals surface area (Å²) in [6.07, 6.45) is 3.85. The van der Waals surface area contributed by atoms with Crippen LogP contribution in [0.5, 0.6) is 5.75 Å². The van der Waals surface area contributed by atoms with Gasteiger partial charge >= 0.3 is 0 Å². The van der Waals surface area contributed by atoms with Crippen molar-refractivity contribution in [3.63, 3.8) is 0 Å². The van der Waals surface area contributed by atoms with Gasteiger partial charge < -0.3 is 10.1 Å². The molecule has 2 rings (SSSR count). The molecule has 1 aliphatic rings. The molecule has 0 aliphatic heterocycles. The van der Waals surface area contributed by atoms with Crippen LogP contribution in [0.2, 0.25) is 0 Å². The van der Waals surface area contributed by atoms with Crippen LogP contribution in [0.25, 0.3) is 0 Å². The van der Waals surface area contributed by atoms with Gasteiger partial charge in [0.1, 0.15) is 5.75 Å². The monoisotopic (exact) mass is 261 g/mol. The second kappa shape index (κ2) is 5.85. The van der Waals surface area contributed by atoms with Crippen LogP contribution in [-0.4, -0.2) is 12.6 Å². The molecular formula is C17H27NO. The first-order valence-electron chi connectivity index (χ1n) is 7.48. The smallest absolute Gasteiger partial charge is 0.121 e. The summed E-state index contributed by atoms with van der Waals surface area (Å²) in [5.41, 5.74) is 1.63. The van der Waals surface area contributed by atoms with E-state index in [1.807, 2.05) is 13.0 Å². The molecule has 106 valence electrons. The molecule has 1 aliphatic carbocycles. The van der Waals surface area contributed by atoms with Gasteiger partial charge in [-0.2, -0.15) is 0 Å². The Hall–Kier alpha value is -1.18. The summed E-state index contributed by atoms with van der Waals surface area (Å²) in [4.78, 5) is 0. The number of rotatable bonds is 4. The molecule has 19 heavy (non-hydrogen) atoms.